The molecule has 0 unspecified atom stereocenters. The van der Waals surface area contributed by atoms with Crippen LogP contribution in [0, 0.1) is 32.0 Å². The number of hydrogen-bond donors (Lipinski definition) is 0. The number of halogens is 2. The Labute approximate surface area is 284 Å². The summed E-state index contributed by atoms with van der Waals surface area (Å²) in [6.45, 7) is 5.55. The number of aryl methyl sites for hydroxylation is 2. The monoisotopic (exact) mass is 831 g/mol. The van der Waals surface area contributed by atoms with Crippen LogP contribution in [0.5, 0.6) is 11.5 Å². The van der Waals surface area contributed by atoms with Crippen molar-refractivity contribution in [2.45, 2.75) is 52.4 Å². The molecule has 12 heteroatoms. The molecule has 6 rings (SSSR count). The summed E-state index contributed by atoms with van der Waals surface area (Å²) >= 11 is 2.99. The number of nitriles is 3. The van der Waals surface area contributed by atoms with Crippen LogP contribution >= 0.6 is 54.0 Å². The number of carbonyl (C=O) groups is 1. The van der Waals surface area contributed by atoms with Crippen LogP contribution in [0.15, 0.2) is 30.3 Å². The predicted molar refractivity (Wildman–Crippen MR) is 182 cm³/mol. The molecule has 0 N–H and O–H groups in total. The van der Waals surface area contributed by atoms with Crippen LogP contribution in [0.25, 0.3) is 5.57 Å². The Kier molecular flexibility index (Phi) is 15.0. The first-order valence-corrected chi connectivity index (χ1v) is 16.6. The summed E-state index contributed by atoms with van der Waals surface area (Å²) in [5.74, 6) is 2.24. The van der Waals surface area contributed by atoms with Gasteiger partial charge in [0.05, 0.1) is 61.2 Å². The molecule has 0 amide bonds. The standard InChI is InChI=1S/C13H11NO.C11H10O2.C6H12NO3P.CIN.HI/c14-7-5-10-2-1-9-3-4-12-11(13(9)10)6-8-15-12;12-9-3-1-7-2-4-10-8(11(7)9)5-6-13-10;1-3-9-11(8,6-5-7)10-4-2;2-1-3;/h3-5H,1-2,6,8H2;2,4H,1,3,5-6H2;3-4,6H2,1-2H3;;1H/b10-5+;;;;/i/hT. The van der Waals surface area contributed by atoms with Crippen LogP contribution in [-0.4, -0.2) is 39.0 Å². The zero-order valence-electron chi connectivity index (χ0n) is 25.2. The Bertz CT molecular complexity index is 1500. The van der Waals surface area contributed by atoms with E-state index in [4.69, 9.17) is 34.9 Å². The van der Waals surface area contributed by atoms with Crippen molar-refractivity contribution in [1.29, 1.82) is 16.4 Å². The van der Waals surface area contributed by atoms with Crippen LogP contribution in [0.1, 0.15) is 64.9 Å². The lowest BCUT2D eigenvalue weighted by Crippen LogP contribution is -1.98. The second kappa shape index (κ2) is 18.4. The fourth-order valence-corrected chi connectivity index (χ4v) is 6.63. The van der Waals surface area contributed by atoms with Gasteiger partial charge in [0, 0.05) is 42.0 Å². The second-order valence-electron chi connectivity index (χ2n) is 9.42. The van der Waals surface area contributed by atoms with Gasteiger partial charge in [0.1, 0.15) is 22.3 Å². The smallest absolute Gasteiger partial charge is 0.344 e. The summed E-state index contributed by atoms with van der Waals surface area (Å²) in [4.78, 5) is 11.6. The topological polar surface area (TPSA) is 142 Å². The van der Waals surface area contributed by atoms with Gasteiger partial charge >= 0.3 is 7.60 Å². The molecule has 228 valence electrons. The van der Waals surface area contributed by atoms with Crippen molar-refractivity contribution in [2.24, 2.45) is 0 Å². The van der Waals surface area contributed by atoms with Crippen molar-refractivity contribution >= 4 is 65.3 Å². The molecule has 2 aliphatic carbocycles. The lowest BCUT2D eigenvalue weighted by atomic mass is 9.98. The maximum Gasteiger partial charge on any atom is 0.344 e. The third kappa shape index (κ3) is 9.51. The van der Waals surface area contributed by atoms with E-state index in [1.807, 2.05) is 12.1 Å². The summed E-state index contributed by atoms with van der Waals surface area (Å²) < 4.78 is 39.4. The molecule has 2 aromatic rings. The highest BCUT2D eigenvalue weighted by atomic mass is 127. The van der Waals surface area contributed by atoms with E-state index in [1.54, 1.807) is 52.7 Å². The molecular formula is C31H34I2N3O6P. The molecule has 0 fully saturated rings. The van der Waals surface area contributed by atoms with Gasteiger partial charge in [0.15, 0.2) is 5.78 Å². The van der Waals surface area contributed by atoms with Crippen LogP contribution < -0.4 is 9.47 Å². The molecule has 0 bridgehead atoms. The van der Waals surface area contributed by atoms with Gasteiger partial charge in [0.25, 0.3) is 0 Å². The van der Waals surface area contributed by atoms with Gasteiger partial charge < -0.3 is 18.5 Å². The molecule has 2 aliphatic heterocycles. The molecule has 0 spiro atoms. The summed E-state index contributed by atoms with van der Waals surface area (Å²) in [5, 5.41) is 24.3. The highest BCUT2D eigenvalue weighted by molar-refractivity contribution is 14.1. The number of Topliss-reactive ketones (excluding diaryl/α,β-unsaturated/α-hetero) is 1. The molecule has 0 atom stereocenters. The van der Waals surface area contributed by atoms with Gasteiger partial charge in [0.2, 0.25) is 0 Å². The van der Waals surface area contributed by atoms with Crippen molar-refractivity contribution in [2.75, 3.05) is 32.6 Å². The summed E-state index contributed by atoms with van der Waals surface area (Å²) in [5.41, 5.74) is 8.51. The summed E-state index contributed by atoms with van der Waals surface area (Å²) in [6, 6.07) is 12.1. The van der Waals surface area contributed by atoms with E-state index in [0.717, 1.165) is 67.9 Å². The van der Waals surface area contributed by atoms with E-state index in [9.17, 15) is 9.36 Å². The molecule has 2 aromatic carbocycles. The number of fused-ring (bicyclic) bond motifs is 6. The van der Waals surface area contributed by atoms with E-state index in [1.165, 1.54) is 51.6 Å². The third-order valence-corrected chi connectivity index (χ3v) is 8.80. The molecule has 0 saturated carbocycles. The van der Waals surface area contributed by atoms with E-state index in [-0.39, 0.29) is 6.16 Å². The molecular weight excluding hydrogens is 795 g/mol. The Hall–Kier alpha value is -2.47. The molecule has 0 radical (unpaired) electrons. The summed E-state index contributed by atoms with van der Waals surface area (Å²) in [6.07, 6.45) is 7.08. The van der Waals surface area contributed by atoms with Gasteiger partial charge in [-0.15, -0.1) is 23.8 Å². The van der Waals surface area contributed by atoms with Crippen LogP contribution in [-0.2, 0) is 39.3 Å². The van der Waals surface area contributed by atoms with Crippen LogP contribution in [0.2, 0.25) is 0 Å². The number of benzene rings is 2. The lowest BCUT2D eigenvalue weighted by Gasteiger charge is -2.12. The van der Waals surface area contributed by atoms with Crippen molar-refractivity contribution < 1.29 is 27.9 Å². The SMILES string of the molecule is CCOP(=O)(CC#N)OCC.N#C/C=C1\CCc2ccc3c(c21)CCO3.N#CI.O=C1CCc2ccc3c(c21)CCO3.[3H]I. The Morgan fingerprint density at radius 2 is 1.42 bits per heavy atom. The number of nitrogens with zero attached hydrogens (tertiary/aromatic N) is 3. The van der Waals surface area contributed by atoms with Crippen molar-refractivity contribution in [3.63, 3.8) is 0 Å². The number of hydrogen-bond acceptors (Lipinski definition) is 9. The van der Waals surface area contributed by atoms with Gasteiger partial charge in [-0.1, -0.05) is 12.1 Å². The lowest BCUT2D eigenvalue weighted by molar-refractivity contribution is 0.0994. The molecule has 43 heavy (non-hydrogen) atoms. The van der Waals surface area contributed by atoms with Crippen LogP contribution in [0.4, 0.5) is 0 Å². The maximum absolute atomic E-state index is 11.6. The van der Waals surface area contributed by atoms with Gasteiger partial charge in [-0.2, -0.15) is 15.8 Å². The molecule has 0 aromatic heterocycles. The largest absolute Gasteiger partial charge is 0.493 e. The minimum absolute atomic E-state index is 0.172. The predicted octanol–water partition coefficient (Wildman–Crippen LogP) is 7.52. The zero-order valence-corrected chi connectivity index (χ0v) is 29.4. The average Bonchev–Trinajstić information content (AvgIpc) is 3.82. The van der Waals surface area contributed by atoms with Crippen molar-refractivity contribution in [3.8, 4) is 27.7 Å². The zero-order chi connectivity index (χ0) is 32.5. The Balaban J connectivity index is 0.000000217. The second-order valence-corrected chi connectivity index (χ2v) is 12.0. The highest BCUT2D eigenvalue weighted by Crippen LogP contribution is 2.47. The molecule has 4 aliphatic rings. The number of carbonyl (C=O) groups excluding carboxylic acids is 1. The van der Waals surface area contributed by atoms with Crippen molar-refractivity contribution in [1.82, 2.24) is 0 Å². The number of allylic oxidation sites excluding steroid dienone is 2. The van der Waals surface area contributed by atoms with E-state index >= 15 is 0 Å². The first-order chi connectivity index (χ1) is 21.4. The first-order valence-electron chi connectivity index (χ1n) is 14.2. The molecule has 9 nitrogen and oxygen atoms in total. The highest BCUT2D eigenvalue weighted by Gasteiger charge is 2.28. The minimum atomic E-state index is -3.08. The molecule has 0 saturated heterocycles. The van der Waals surface area contributed by atoms with Crippen LogP contribution in [0.3, 0.4) is 0 Å². The fraction of sp³-hybridized carbons (Fsp3) is 0.419. The number of rotatable bonds is 5. The third-order valence-electron chi connectivity index (χ3n) is 6.97. The normalized spacial score (nSPS) is 15.5. The fourth-order valence-electron chi connectivity index (χ4n) is 5.41. The summed E-state index contributed by atoms with van der Waals surface area (Å²) in [7, 11) is -3.08. The van der Waals surface area contributed by atoms with E-state index in [0.29, 0.717) is 25.4 Å². The Morgan fingerprint density at radius 1 is 0.907 bits per heavy atom. The van der Waals surface area contributed by atoms with Gasteiger partial charge in [-0.3, -0.25) is 9.36 Å². The number of ether oxygens (including phenoxy) is 2. The number of ketones is 1. The van der Waals surface area contributed by atoms with Crippen molar-refractivity contribution in [3.05, 3.63) is 63.7 Å². The first kappa shape index (κ1) is 35.0. The van der Waals surface area contributed by atoms with Gasteiger partial charge in [-0.25, -0.2) is 0 Å². The molecule has 2 heterocycles. The quantitative estimate of drug-likeness (QED) is 0.170. The van der Waals surface area contributed by atoms with E-state index < -0.39 is 7.60 Å². The minimum Gasteiger partial charge on any atom is -0.493 e. The van der Waals surface area contributed by atoms with Gasteiger partial charge in [-0.05, 0) is 67.5 Å². The maximum atomic E-state index is 11.6. The Morgan fingerprint density at radius 3 is 1.93 bits per heavy atom. The van der Waals surface area contributed by atoms with E-state index in [2.05, 4.69) is 18.2 Å². The average molecular weight is 831 g/mol.